The number of aromatic nitrogens is 5. The Kier molecular flexibility index (Phi) is 5.36. The molecule has 0 aromatic carbocycles. The number of nitrogens with zero attached hydrogens (tertiary/aromatic N) is 5. The highest BCUT2D eigenvalue weighted by Gasteiger charge is 2.35. The highest BCUT2D eigenvalue weighted by Crippen LogP contribution is 2.34. The summed E-state index contributed by atoms with van der Waals surface area (Å²) in [6.07, 6.45) is 4.25. The van der Waals surface area contributed by atoms with Gasteiger partial charge >= 0.3 is 0 Å². The molecule has 0 spiro atoms. The van der Waals surface area contributed by atoms with Gasteiger partial charge in [-0.15, -0.1) is 10.2 Å². The van der Waals surface area contributed by atoms with Crippen LogP contribution in [-0.4, -0.2) is 43.8 Å². The molecule has 9 heteroatoms. The van der Waals surface area contributed by atoms with Gasteiger partial charge in [-0.1, -0.05) is 0 Å². The Morgan fingerprint density at radius 3 is 2.53 bits per heavy atom. The number of rotatable bonds is 5. The molecule has 3 aromatic heterocycles. The van der Waals surface area contributed by atoms with E-state index < -0.39 is 5.92 Å². The molecular weight excluding hydrogens is 390 g/mol. The monoisotopic (exact) mass is 414 g/mol. The van der Waals surface area contributed by atoms with Gasteiger partial charge < -0.3 is 14.6 Å². The van der Waals surface area contributed by atoms with Gasteiger partial charge in [-0.2, -0.15) is 0 Å². The van der Waals surface area contributed by atoms with Crippen molar-refractivity contribution >= 4 is 5.82 Å². The molecule has 30 heavy (non-hydrogen) atoms. The first-order valence-corrected chi connectivity index (χ1v) is 9.90. The summed E-state index contributed by atoms with van der Waals surface area (Å²) in [6, 6.07) is 5.62. The molecule has 1 aliphatic rings. The summed E-state index contributed by atoms with van der Waals surface area (Å²) >= 11 is 0. The number of anilines is 1. The van der Waals surface area contributed by atoms with Crippen LogP contribution in [0.15, 0.2) is 30.7 Å². The average molecular weight is 414 g/mol. The Hall–Kier alpha value is -3.10. The van der Waals surface area contributed by atoms with Gasteiger partial charge in [0.05, 0.1) is 24.8 Å². The molecule has 1 aliphatic carbocycles. The smallest absolute Gasteiger partial charge is 0.248 e. The first kappa shape index (κ1) is 20.2. The topological polar surface area (TPSA) is 77.8 Å². The highest BCUT2D eigenvalue weighted by atomic mass is 19.3. The Balaban J connectivity index is 1.54. The second-order valence-electron chi connectivity index (χ2n) is 7.68. The summed E-state index contributed by atoms with van der Waals surface area (Å²) < 4.78 is 34.0. The maximum absolute atomic E-state index is 13.4. The average Bonchev–Trinajstić information content (AvgIpc) is 3.16. The van der Waals surface area contributed by atoms with Gasteiger partial charge in [-0.25, -0.2) is 18.7 Å². The zero-order valence-corrected chi connectivity index (χ0v) is 17.2. The van der Waals surface area contributed by atoms with Gasteiger partial charge in [0.25, 0.3) is 0 Å². The minimum Gasteiger partial charge on any atom is -0.479 e. The number of pyridine rings is 1. The fraction of sp³-hybridized carbons (Fsp3) is 0.429. The maximum atomic E-state index is 13.4. The van der Waals surface area contributed by atoms with Crippen LogP contribution in [0.3, 0.4) is 0 Å². The van der Waals surface area contributed by atoms with Crippen molar-refractivity contribution in [3.05, 3.63) is 42.0 Å². The molecule has 158 valence electrons. The van der Waals surface area contributed by atoms with Crippen LogP contribution < -0.4 is 10.1 Å². The number of hydrogen-bond donors (Lipinski definition) is 1. The van der Waals surface area contributed by atoms with E-state index >= 15 is 0 Å². The normalized spacial score (nSPS) is 16.4. The summed E-state index contributed by atoms with van der Waals surface area (Å²) in [6.45, 7) is 3.83. The number of methoxy groups -OCH3 is 1. The number of imidazole rings is 1. The van der Waals surface area contributed by atoms with Crippen molar-refractivity contribution in [3.8, 4) is 23.0 Å². The van der Waals surface area contributed by atoms with E-state index in [9.17, 15) is 8.78 Å². The molecule has 0 saturated heterocycles. The Morgan fingerprint density at radius 1 is 1.13 bits per heavy atom. The van der Waals surface area contributed by atoms with Crippen molar-refractivity contribution in [2.24, 2.45) is 0 Å². The summed E-state index contributed by atoms with van der Waals surface area (Å²) in [4.78, 5) is 8.81. The molecular formula is C21H24F2N6O. The predicted octanol–water partition coefficient (Wildman–Crippen LogP) is 4.34. The standard InChI is InChI=1S/C21H24F2N6O/c1-13-10-17(27-28-19(13)25-15-6-8-21(22,23)9-7-15)16-4-5-18(20(26-16)30-3)29-11-14(2)24-12-29/h4-5,10-12,15H,6-9H2,1-3H3,(H,25,28). The zero-order chi connectivity index (χ0) is 21.3. The minimum atomic E-state index is -2.55. The summed E-state index contributed by atoms with van der Waals surface area (Å²) in [5, 5.41) is 11.8. The van der Waals surface area contributed by atoms with Crippen LogP contribution in [-0.2, 0) is 0 Å². The number of nitrogens with one attached hydrogen (secondary N) is 1. The third kappa shape index (κ3) is 4.24. The van der Waals surface area contributed by atoms with Crippen LogP contribution in [0.5, 0.6) is 5.88 Å². The molecule has 0 aliphatic heterocycles. The lowest BCUT2D eigenvalue weighted by Crippen LogP contribution is -2.32. The first-order chi connectivity index (χ1) is 14.3. The number of hydrogen-bond acceptors (Lipinski definition) is 6. The molecule has 0 bridgehead atoms. The molecule has 1 saturated carbocycles. The van der Waals surface area contributed by atoms with Crippen molar-refractivity contribution in [1.29, 1.82) is 0 Å². The van der Waals surface area contributed by atoms with Gasteiger partial charge in [0.15, 0.2) is 5.82 Å². The van der Waals surface area contributed by atoms with Gasteiger partial charge in [-0.05, 0) is 50.5 Å². The van der Waals surface area contributed by atoms with Gasteiger partial charge in [0.1, 0.15) is 11.4 Å². The largest absolute Gasteiger partial charge is 0.479 e. The number of aryl methyl sites for hydroxylation is 2. The van der Waals surface area contributed by atoms with Crippen molar-refractivity contribution < 1.29 is 13.5 Å². The van der Waals surface area contributed by atoms with Crippen molar-refractivity contribution in [3.63, 3.8) is 0 Å². The molecule has 0 atom stereocenters. The molecule has 0 amide bonds. The summed E-state index contributed by atoms with van der Waals surface area (Å²) in [5.74, 6) is -1.48. The lowest BCUT2D eigenvalue weighted by Gasteiger charge is -2.29. The third-order valence-corrected chi connectivity index (χ3v) is 5.33. The molecule has 4 rings (SSSR count). The Bertz CT molecular complexity index is 1040. The van der Waals surface area contributed by atoms with E-state index in [1.54, 1.807) is 13.4 Å². The zero-order valence-electron chi connectivity index (χ0n) is 17.2. The van der Waals surface area contributed by atoms with Crippen molar-refractivity contribution in [2.45, 2.75) is 51.5 Å². The molecule has 1 fully saturated rings. The number of alkyl halides is 2. The molecule has 1 N–H and O–H groups in total. The van der Waals surface area contributed by atoms with Gasteiger partial charge in [-0.3, -0.25) is 0 Å². The van der Waals surface area contributed by atoms with E-state index in [1.807, 2.05) is 42.8 Å². The lowest BCUT2D eigenvalue weighted by atomic mass is 9.92. The highest BCUT2D eigenvalue weighted by molar-refractivity contribution is 5.61. The molecule has 3 aromatic rings. The van der Waals surface area contributed by atoms with Crippen LogP contribution >= 0.6 is 0 Å². The molecule has 0 radical (unpaired) electrons. The lowest BCUT2D eigenvalue weighted by molar-refractivity contribution is -0.0361. The van der Waals surface area contributed by atoms with Gasteiger partial charge in [0.2, 0.25) is 11.8 Å². The van der Waals surface area contributed by atoms with Crippen LogP contribution in [0.25, 0.3) is 17.1 Å². The van der Waals surface area contributed by atoms with Gasteiger partial charge in [0, 0.05) is 25.1 Å². The van der Waals surface area contributed by atoms with E-state index in [-0.39, 0.29) is 18.9 Å². The number of halogens is 2. The number of ether oxygens (including phenoxy) is 1. The molecule has 3 heterocycles. The Morgan fingerprint density at radius 2 is 1.90 bits per heavy atom. The summed E-state index contributed by atoms with van der Waals surface area (Å²) in [5.41, 5.74) is 3.80. The third-order valence-electron chi connectivity index (χ3n) is 5.33. The van der Waals surface area contributed by atoms with Crippen LogP contribution in [0.1, 0.15) is 36.9 Å². The van der Waals surface area contributed by atoms with Crippen molar-refractivity contribution in [2.75, 3.05) is 12.4 Å². The van der Waals surface area contributed by atoms with E-state index in [1.165, 1.54) is 0 Å². The molecule has 7 nitrogen and oxygen atoms in total. The van der Waals surface area contributed by atoms with Crippen LogP contribution in [0, 0.1) is 13.8 Å². The second-order valence-corrected chi connectivity index (χ2v) is 7.68. The van der Waals surface area contributed by atoms with E-state index in [0.717, 1.165) is 16.9 Å². The van der Waals surface area contributed by atoms with E-state index in [2.05, 4.69) is 25.5 Å². The predicted molar refractivity (Wildman–Crippen MR) is 109 cm³/mol. The molecule has 0 unspecified atom stereocenters. The Labute approximate surface area is 173 Å². The van der Waals surface area contributed by atoms with Crippen molar-refractivity contribution in [1.82, 2.24) is 24.7 Å². The van der Waals surface area contributed by atoms with Crippen LogP contribution in [0.4, 0.5) is 14.6 Å². The minimum absolute atomic E-state index is 0.0142. The fourth-order valence-corrected chi connectivity index (χ4v) is 3.61. The SMILES string of the molecule is COc1nc(-c2cc(C)c(NC3CCC(F)(F)CC3)nn2)ccc1-n1cnc(C)c1. The maximum Gasteiger partial charge on any atom is 0.248 e. The van der Waals surface area contributed by atoms with E-state index in [4.69, 9.17) is 4.74 Å². The first-order valence-electron chi connectivity index (χ1n) is 9.90. The quantitative estimate of drug-likeness (QED) is 0.669. The second kappa shape index (κ2) is 7.97. The van der Waals surface area contributed by atoms with Crippen LogP contribution in [0.2, 0.25) is 0 Å². The fourth-order valence-electron chi connectivity index (χ4n) is 3.61. The summed E-state index contributed by atoms with van der Waals surface area (Å²) in [7, 11) is 1.57. The van der Waals surface area contributed by atoms with E-state index in [0.29, 0.717) is 35.9 Å².